The Hall–Kier alpha value is -2.66. The predicted octanol–water partition coefficient (Wildman–Crippen LogP) is 2.44. The minimum Gasteiger partial charge on any atom is -0.394 e. The predicted molar refractivity (Wildman–Crippen MR) is 89.5 cm³/mol. The third-order valence-corrected chi connectivity index (χ3v) is 3.50. The molecule has 0 heterocycles. The molecule has 2 rings (SSSR count). The summed E-state index contributed by atoms with van der Waals surface area (Å²) in [6.45, 7) is 1.75. The van der Waals surface area contributed by atoms with E-state index in [0.717, 1.165) is 0 Å². The third-order valence-electron chi connectivity index (χ3n) is 3.50. The first kappa shape index (κ1) is 16.7. The van der Waals surface area contributed by atoms with Gasteiger partial charge in [-0.15, -0.1) is 0 Å². The lowest BCUT2D eigenvalue weighted by atomic mass is 10.1. The van der Waals surface area contributed by atoms with E-state index in [2.05, 4.69) is 10.6 Å². The second-order valence-corrected chi connectivity index (χ2v) is 5.13. The van der Waals surface area contributed by atoms with Crippen LogP contribution in [0.5, 0.6) is 0 Å². The Morgan fingerprint density at radius 2 is 1.65 bits per heavy atom. The number of aliphatic hydroxyl groups excluding tert-OH is 1. The van der Waals surface area contributed by atoms with E-state index in [1.807, 2.05) is 13.0 Å². The van der Waals surface area contributed by atoms with Gasteiger partial charge in [0.05, 0.1) is 23.9 Å². The maximum Gasteiger partial charge on any atom is 0.255 e. The molecule has 3 N–H and O–H groups in total. The van der Waals surface area contributed by atoms with Crippen LogP contribution in [0.3, 0.4) is 0 Å². The normalized spacial score (nSPS) is 11.6. The minimum absolute atomic E-state index is 0.124. The van der Waals surface area contributed by atoms with Crippen LogP contribution in [0.25, 0.3) is 0 Å². The Kier molecular flexibility index (Phi) is 5.88. The standard InChI is InChI=1S/C18H20N2O3/c1-2-14(12-21)19-18(23)15-10-6-7-11-16(15)20-17(22)13-8-4-3-5-9-13/h3-11,14,21H,2,12H2,1H3,(H,19,23)(H,20,22). The number of rotatable bonds is 6. The van der Waals surface area contributed by atoms with Crippen LogP contribution in [0.15, 0.2) is 54.6 Å². The van der Waals surface area contributed by atoms with Crippen molar-refractivity contribution < 1.29 is 14.7 Å². The van der Waals surface area contributed by atoms with Crippen molar-refractivity contribution in [3.05, 3.63) is 65.7 Å². The number of anilines is 1. The molecule has 0 radical (unpaired) electrons. The number of aliphatic hydroxyl groups is 1. The zero-order valence-electron chi connectivity index (χ0n) is 13.0. The molecule has 0 aliphatic rings. The summed E-state index contributed by atoms with van der Waals surface area (Å²) in [6.07, 6.45) is 0.626. The maximum absolute atomic E-state index is 12.3. The number of hydrogen-bond acceptors (Lipinski definition) is 3. The Labute approximate surface area is 135 Å². The third kappa shape index (κ3) is 4.40. The molecular weight excluding hydrogens is 292 g/mol. The van der Waals surface area contributed by atoms with Crippen molar-refractivity contribution in [1.82, 2.24) is 5.32 Å². The lowest BCUT2D eigenvalue weighted by Gasteiger charge is -2.16. The zero-order chi connectivity index (χ0) is 16.7. The number of carbonyl (C=O) groups excluding carboxylic acids is 2. The van der Waals surface area contributed by atoms with Crippen molar-refractivity contribution in [3.63, 3.8) is 0 Å². The highest BCUT2D eigenvalue weighted by atomic mass is 16.3. The Bertz CT molecular complexity index is 667. The summed E-state index contributed by atoms with van der Waals surface area (Å²) >= 11 is 0. The number of benzene rings is 2. The smallest absolute Gasteiger partial charge is 0.255 e. The van der Waals surface area contributed by atoms with Crippen LogP contribution >= 0.6 is 0 Å². The highest BCUT2D eigenvalue weighted by molar-refractivity contribution is 6.09. The highest BCUT2D eigenvalue weighted by Crippen LogP contribution is 2.16. The Morgan fingerprint density at radius 3 is 2.30 bits per heavy atom. The molecule has 23 heavy (non-hydrogen) atoms. The van der Waals surface area contributed by atoms with Crippen molar-refractivity contribution in [1.29, 1.82) is 0 Å². The lowest BCUT2D eigenvalue weighted by Crippen LogP contribution is -2.37. The summed E-state index contributed by atoms with van der Waals surface area (Å²) in [5.74, 6) is -0.602. The summed E-state index contributed by atoms with van der Waals surface area (Å²) in [5, 5.41) is 14.7. The molecule has 1 atom stereocenters. The van der Waals surface area contributed by atoms with Gasteiger partial charge in [-0.3, -0.25) is 9.59 Å². The molecule has 5 heteroatoms. The summed E-state index contributed by atoms with van der Waals surface area (Å²) < 4.78 is 0. The topological polar surface area (TPSA) is 78.4 Å². The molecule has 2 aromatic carbocycles. The van der Waals surface area contributed by atoms with E-state index in [4.69, 9.17) is 0 Å². The first-order chi connectivity index (χ1) is 11.2. The molecule has 2 aromatic rings. The molecule has 0 aromatic heterocycles. The number of para-hydroxylation sites is 1. The second-order valence-electron chi connectivity index (χ2n) is 5.13. The lowest BCUT2D eigenvalue weighted by molar-refractivity contribution is 0.0916. The van der Waals surface area contributed by atoms with Crippen molar-refractivity contribution in [3.8, 4) is 0 Å². The number of carbonyl (C=O) groups is 2. The Balaban J connectivity index is 2.17. The van der Waals surface area contributed by atoms with Crippen LogP contribution in [-0.2, 0) is 0 Å². The van der Waals surface area contributed by atoms with E-state index in [-0.39, 0.29) is 24.5 Å². The molecule has 2 amide bonds. The van der Waals surface area contributed by atoms with Gasteiger partial charge in [0.25, 0.3) is 11.8 Å². The van der Waals surface area contributed by atoms with Gasteiger partial charge in [-0.1, -0.05) is 37.3 Å². The SMILES string of the molecule is CCC(CO)NC(=O)c1ccccc1NC(=O)c1ccccc1. The van der Waals surface area contributed by atoms with Crippen molar-refractivity contribution in [2.45, 2.75) is 19.4 Å². The van der Waals surface area contributed by atoms with Gasteiger partial charge in [0.15, 0.2) is 0 Å². The van der Waals surface area contributed by atoms with E-state index >= 15 is 0 Å². The van der Waals surface area contributed by atoms with E-state index in [9.17, 15) is 14.7 Å². The highest BCUT2D eigenvalue weighted by Gasteiger charge is 2.16. The van der Waals surface area contributed by atoms with Crippen LogP contribution < -0.4 is 10.6 Å². The fourth-order valence-electron chi connectivity index (χ4n) is 2.11. The molecule has 0 bridgehead atoms. The van der Waals surface area contributed by atoms with Gasteiger partial charge in [-0.25, -0.2) is 0 Å². The number of hydrogen-bond donors (Lipinski definition) is 3. The van der Waals surface area contributed by atoms with Crippen LogP contribution in [0.2, 0.25) is 0 Å². The summed E-state index contributed by atoms with van der Waals surface area (Å²) in [5.41, 5.74) is 1.32. The molecule has 5 nitrogen and oxygen atoms in total. The van der Waals surface area contributed by atoms with Gasteiger partial charge in [0.2, 0.25) is 0 Å². The van der Waals surface area contributed by atoms with Gasteiger partial charge >= 0.3 is 0 Å². The quantitative estimate of drug-likeness (QED) is 0.766. The average molecular weight is 312 g/mol. The van der Waals surface area contributed by atoms with Gasteiger partial charge in [0.1, 0.15) is 0 Å². The molecule has 120 valence electrons. The Morgan fingerprint density at radius 1 is 1.00 bits per heavy atom. The second kappa shape index (κ2) is 8.10. The van der Waals surface area contributed by atoms with Gasteiger partial charge < -0.3 is 15.7 Å². The summed E-state index contributed by atoms with van der Waals surface area (Å²) in [6, 6.07) is 15.3. The van der Waals surface area contributed by atoms with E-state index in [0.29, 0.717) is 23.2 Å². The van der Waals surface area contributed by atoms with Crippen LogP contribution in [-0.4, -0.2) is 29.6 Å². The monoisotopic (exact) mass is 312 g/mol. The summed E-state index contributed by atoms with van der Waals surface area (Å²) in [4.78, 5) is 24.6. The average Bonchev–Trinajstić information content (AvgIpc) is 2.60. The molecule has 0 saturated carbocycles. The van der Waals surface area contributed by atoms with E-state index < -0.39 is 0 Å². The first-order valence-electron chi connectivity index (χ1n) is 7.52. The molecule has 0 aliphatic heterocycles. The molecular formula is C18H20N2O3. The van der Waals surface area contributed by atoms with Crippen molar-refractivity contribution in [2.75, 3.05) is 11.9 Å². The largest absolute Gasteiger partial charge is 0.394 e. The number of nitrogens with one attached hydrogen (secondary N) is 2. The minimum atomic E-state index is -0.324. The first-order valence-corrected chi connectivity index (χ1v) is 7.52. The van der Waals surface area contributed by atoms with Crippen molar-refractivity contribution >= 4 is 17.5 Å². The van der Waals surface area contributed by atoms with Crippen LogP contribution in [0.1, 0.15) is 34.1 Å². The molecule has 0 spiro atoms. The fraction of sp³-hybridized carbons (Fsp3) is 0.222. The van der Waals surface area contributed by atoms with Gasteiger partial charge in [0, 0.05) is 5.56 Å². The molecule has 0 saturated heterocycles. The molecule has 0 fully saturated rings. The summed E-state index contributed by atoms with van der Waals surface area (Å²) in [7, 11) is 0. The van der Waals surface area contributed by atoms with Gasteiger partial charge in [-0.2, -0.15) is 0 Å². The maximum atomic E-state index is 12.3. The molecule has 1 unspecified atom stereocenters. The van der Waals surface area contributed by atoms with Crippen LogP contribution in [0.4, 0.5) is 5.69 Å². The molecule has 0 aliphatic carbocycles. The van der Waals surface area contributed by atoms with Gasteiger partial charge in [-0.05, 0) is 30.7 Å². The zero-order valence-corrected chi connectivity index (χ0v) is 13.0. The van der Waals surface area contributed by atoms with Crippen LogP contribution in [0, 0.1) is 0 Å². The fourth-order valence-corrected chi connectivity index (χ4v) is 2.11. The van der Waals surface area contributed by atoms with Crippen molar-refractivity contribution in [2.24, 2.45) is 0 Å². The van der Waals surface area contributed by atoms with E-state index in [1.54, 1.807) is 48.5 Å². The van der Waals surface area contributed by atoms with E-state index in [1.165, 1.54) is 0 Å². The number of amides is 2.